The van der Waals surface area contributed by atoms with Crippen molar-refractivity contribution < 1.29 is 5.18 Å². The largest absolute Gasteiger partial charge is 0.272 e. The molecule has 1 rings (SSSR count). The van der Waals surface area contributed by atoms with Crippen molar-refractivity contribution >= 4 is 5.69 Å². The molecule has 0 aliphatic rings. The highest BCUT2D eigenvalue weighted by Gasteiger charge is 2.11. The van der Waals surface area contributed by atoms with E-state index < -0.39 is 0 Å². The molecule has 0 unspecified atom stereocenters. The Morgan fingerprint density at radius 3 is 2.50 bits per heavy atom. The Morgan fingerprint density at radius 2 is 2.00 bits per heavy atom. The van der Waals surface area contributed by atoms with Crippen molar-refractivity contribution in [2.24, 2.45) is 0 Å². The molecule has 0 saturated heterocycles. The Bertz CT molecular complexity index is 398. The van der Waals surface area contributed by atoms with Crippen LogP contribution in [0.15, 0.2) is 18.2 Å². The number of benzene rings is 1. The Morgan fingerprint density at radius 1 is 1.25 bits per heavy atom. The highest BCUT2D eigenvalue weighted by Crippen LogP contribution is 2.12. The van der Waals surface area contributed by atoms with Gasteiger partial charge in [0.25, 0.3) is 5.69 Å². The lowest BCUT2D eigenvalue weighted by Gasteiger charge is -1.89. The smallest absolute Gasteiger partial charge is 0.192 e. The van der Waals surface area contributed by atoms with Crippen LogP contribution >= 0.6 is 0 Å². The highest BCUT2D eigenvalue weighted by atomic mass is 16.3. The lowest BCUT2D eigenvalue weighted by molar-refractivity contribution is -0.379. The van der Waals surface area contributed by atoms with Crippen LogP contribution in [0.1, 0.15) is 11.1 Å². The van der Waals surface area contributed by atoms with Crippen LogP contribution in [0.4, 0.5) is 5.69 Å². The number of nitrogens with one attached hydrogen (secondary N) is 1. The van der Waals surface area contributed by atoms with Crippen molar-refractivity contribution in [2.75, 3.05) is 0 Å². The second-order valence-electron chi connectivity index (χ2n) is 2.05. The van der Waals surface area contributed by atoms with Gasteiger partial charge in [0, 0.05) is 16.2 Å². The van der Waals surface area contributed by atoms with Crippen molar-refractivity contribution in [1.29, 1.82) is 10.5 Å². The topological polar surface area (TPSA) is 78.6 Å². The molecular formula is C8H4N3O+. The predicted octanol–water partition coefficient (Wildman–Crippen LogP) is -0.0915. The third kappa shape index (κ3) is 1.14. The van der Waals surface area contributed by atoms with Crippen LogP contribution in [0.25, 0.3) is 0 Å². The van der Waals surface area contributed by atoms with E-state index in [1.54, 1.807) is 17.3 Å². The first kappa shape index (κ1) is 7.90. The van der Waals surface area contributed by atoms with Gasteiger partial charge in [-0.2, -0.15) is 10.5 Å². The minimum Gasteiger partial charge on any atom is -0.192 e. The minimum atomic E-state index is 0.0926. The van der Waals surface area contributed by atoms with Crippen molar-refractivity contribution in [1.82, 2.24) is 0 Å². The summed E-state index contributed by atoms with van der Waals surface area (Å²) in [6, 6.07) is 8.08. The molecule has 4 nitrogen and oxygen atoms in total. The van der Waals surface area contributed by atoms with Gasteiger partial charge in [-0.3, -0.25) is 0 Å². The number of rotatable bonds is 1. The Labute approximate surface area is 68.6 Å². The standard InChI is InChI=1S/C8H3N3O/c9-4-6-2-1-3-8(11-12)7(6)5-10/h1-3H/p+1. The SMILES string of the molecule is N#Cc1cccc([NH+]=O)c1C#N. The summed E-state index contributed by atoms with van der Waals surface area (Å²) >= 11 is 0. The molecule has 1 aromatic carbocycles. The second kappa shape index (κ2) is 3.27. The van der Waals surface area contributed by atoms with Crippen molar-refractivity contribution in [2.45, 2.75) is 0 Å². The zero-order chi connectivity index (χ0) is 8.97. The summed E-state index contributed by atoms with van der Waals surface area (Å²) in [5, 5.41) is 18.7. The first-order valence-corrected chi connectivity index (χ1v) is 3.15. The van der Waals surface area contributed by atoms with Crippen molar-refractivity contribution in [3.63, 3.8) is 0 Å². The fourth-order valence-corrected chi connectivity index (χ4v) is 0.851. The van der Waals surface area contributed by atoms with Gasteiger partial charge < -0.3 is 0 Å². The van der Waals surface area contributed by atoms with E-state index in [0.717, 1.165) is 0 Å². The number of hydrogen-bond donors (Lipinski definition) is 1. The van der Waals surface area contributed by atoms with Crippen LogP contribution < -0.4 is 5.18 Å². The van der Waals surface area contributed by atoms with E-state index in [2.05, 4.69) is 0 Å². The summed E-state index contributed by atoms with van der Waals surface area (Å²) in [5.41, 5.74) is 0.435. The molecule has 0 amide bonds. The molecular weight excluding hydrogens is 154 g/mol. The molecule has 0 bridgehead atoms. The maximum atomic E-state index is 10.3. The molecule has 4 heteroatoms. The van der Waals surface area contributed by atoms with E-state index in [4.69, 9.17) is 10.5 Å². The van der Waals surface area contributed by atoms with Crippen LogP contribution in [-0.4, -0.2) is 0 Å². The van der Waals surface area contributed by atoms with Gasteiger partial charge in [-0.15, -0.1) is 0 Å². The lowest BCUT2D eigenvalue weighted by Crippen LogP contribution is -2.56. The van der Waals surface area contributed by atoms with Gasteiger partial charge in [-0.1, -0.05) is 6.07 Å². The van der Waals surface area contributed by atoms with Crippen molar-refractivity contribution in [3.8, 4) is 12.1 Å². The molecule has 0 fully saturated rings. The molecule has 0 spiro atoms. The first-order valence-electron chi connectivity index (χ1n) is 3.15. The quantitative estimate of drug-likeness (QED) is 0.620. The zero-order valence-corrected chi connectivity index (χ0v) is 6.03. The van der Waals surface area contributed by atoms with Gasteiger partial charge in [0.05, 0.1) is 5.56 Å². The second-order valence-corrected chi connectivity index (χ2v) is 2.05. The summed E-state index contributed by atoms with van der Waals surface area (Å²) < 4.78 is 0. The minimum absolute atomic E-state index is 0.0926. The zero-order valence-electron chi connectivity index (χ0n) is 6.03. The first-order chi connectivity index (χ1) is 5.83. The van der Waals surface area contributed by atoms with E-state index in [1.165, 1.54) is 12.1 Å². The average Bonchev–Trinajstić information content (AvgIpc) is 2.16. The van der Waals surface area contributed by atoms with E-state index in [0.29, 0.717) is 0 Å². The maximum absolute atomic E-state index is 10.3. The monoisotopic (exact) mass is 158 g/mol. The summed E-state index contributed by atoms with van der Waals surface area (Å²) in [4.78, 5) is 10.3. The number of nitroso groups, excluding NO2 is 1. The van der Waals surface area contributed by atoms with Crippen LogP contribution in [0.3, 0.4) is 0 Å². The summed E-state index contributed by atoms with van der Waals surface area (Å²) in [5.74, 6) is 0. The van der Waals surface area contributed by atoms with Gasteiger partial charge in [0.2, 0.25) is 0 Å². The molecule has 0 aliphatic carbocycles. The molecule has 1 aromatic rings. The number of hydrogen-bond acceptors (Lipinski definition) is 3. The third-order valence-corrected chi connectivity index (χ3v) is 1.41. The predicted molar refractivity (Wildman–Crippen MR) is 39.9 cm³/mol. The van der Waals surface area contributed by atoms with Crippen LogP contribution in [0, 0.1) is 27.6 Å². The van der Waals surface area contributed by atoms with Gasteiger partial charge in [-0.05, 0) is 6.07 Å². The Kier molecular flexibility index (Phi) is 2.15. The average molecular weight is 158 g/mol. The van der Waals surface area contributed by atoms with E-state index in [1.807, 2.05) is 6.07 Å². The number of nitriles is 2. The normalized spacial score (nSPS) is 8.17. The molecule has 1 N–H and O–H groups in total. The Hall–Kier alpha value is -2.20. The molecule has 0 heterocycles. The van der Waals surface area contributed by atoms with E-state index in [9.17, 15) is 4.91 Å². The van der Waals surface area contributed by atoms with Gasteiger partial charge in [0.1, 0.15) is 17.7 Å². The summed E-state index contributed by atoms with van der Waals surface area (Å²) in [7, 11) is 0. The lowest BCUT2D eigenvalue weighted by atomic mass is 10.1. The summed E-state index contributed by atoms with van der Waals surface area (Å²) in [6.07, 6.45) is 0. The third-order valence-electron chi connectivity index (χ3n) is 1.41. The number of nitrogens with zero attached hydrogens (tertiary/aromatic N) is 2. The van der Waals surface area contributed by atoms with Gasteiger partial charge in [0.15, 0.2) is 0 Å². The fraction of sp³-hybridized carbons (Fsp3) is 0. The highest BCUT2D eigenvalue weighted by molar-refractivity contribution is 5.56. The summed E-state index contributed by atoms with van der Waals surface area (Å²) in [6.45, 7) is 0. The van der Waals surface area contributed by atoms with Gasteiger partial charge >= 0.3 is 0 Å². The molecule has 56 valence electrons. The van der Waals surface area contributed by atoms with Crippen LogP contribution in [-0.2, 0) is 0 Å². The molecule has 0 radical (unpaired) electrons. The molecule has 12 heavy (non-hydrogen) atoms. The van der Waals surface area contributed by atoms with Crippen LogP contribution in [0.5, 0.6) is 0 Å². The molecule has 0 aromatic heterocycles. The van der Waals surface area contributed by atoms with E-state index >= 15 is 0 Å². The van der Waals surface area contributed by atoms with Crippen LogP contribution in [0.2, 0.25) is 0 Å². The molecule has 0 saturated carbocycles. The van der Waals surface area contributed by atoms with Gasteiger partial charge in [-0.25, -0.2) is 0 Å². The molecule has 0 aliphatic heterocycles. The Balaban J connectivity index is 3.47. The van der Waals surface area contributed by atoms with E-state index in [-0.39, 0.29) is 16.8 Å². The molecule has 0 atom stereocenters. The fourth-order valence-electron chi connectivity index (χ4n) is 0.851. The van der Waals surface area contributed by atoms with Crippen molar-refractivity contribution in [3.05, 3.63) is 34.2 Å². The maximum Gasteiger partial charge on any atom is 0.272 e.